The van der Waals surface area contributed by atoms with Gasteiger partial charge >= 0.3 is 0 Å². The molecule has 1 heterocycles. The van der Waals surface area contributed by atoms with Crippen LogP contribution in [0.25, 0.3) is 0 Å². The highest BCUT2D eigenvalue weighted by atomic mass is 19.1. The third-order valence-corrected chi connectivity index (χ3v) is 3.39. The molecule has 104 valence electrons. The number of hydrogen-bond acceptors (Lipinski definition) is 4. The summed E-state index contributed by atoms with van der Waals surface area (Å²) in [7, 11) is 0. The number of carbonyl (C=O) groups excluding carboxylic acids is 1. The highest BCUT2D eigenvalue weighted by molar-refractivity contribution is 5.82. The second-order valence-corrected chi connectivity index (χ2v) is 4.96. The number of benzene rings is 1. The Morgan fingerprint density at radius 1 is 1.55 bits per heavy atom. The van der Waals surface area contributed by atoms with E-state index in [9.17, 15) is 9.18 Å². The first kappa shape index (κ1) is 12.8. The lowest BCUT2D eigenvalue weighted by Crippen LogP contribution is -2.25. The second-order valence-electron chi connectivity index (χ2n) is 4.96. The molecule has 20 heavy (non-hydrogen) atoms. The van der Waals surface area contributed by atoms with Gasteiger partial charge in [-0.3, -0.25) is 4.79 Å². The predicted molar refractivity (Wildman–Crippen MR) is 68.1 cm³/mol. The second kappa shape index (κ2) is 5.03. The summed E-state index contributed by atoms with van der Waals surface area (Å²) >= 11 is 0. The topological polar surface area (TPSA) is 68.0 Å². The van der Waals surface area contributed by atoms with Crippen molar-refractivity contribution in [3.63, 3.8) is 0 Å². The predicted octanol–water partition coefficient (Wildman–Crippen LogP) is 1.94. The number of carbonyl (C=O) groups is 1. The van der Waals surface area contributed by atoms with Crippen LogP contribution in [0.15, 0.2) is 28.8 Å². The fourth-order valence-electron chi connectivity index (χ4n) is 2.30. The summed E-state index contributed by atoms with van der Waals surface area (Å²) in [5.74, 6) is 0.609. The molecule has 1 saturated carbocycles. The van der Waals surface area contributed by atoms with E-state index in [0.29, 0.717) is 11.7 Å². The smallest absolute Gasteiger partial charge is 0.246 e. The molecule has 1 aliphatic rings. The largest absolute Gasteiger partial charge is 0.347 e. The lowest BCUT2D eigenvalue weighted by molar-refractivity contribution is -0.122. The third kappa shape index (κ3) is 2.68. The van der Waals surface area contributed by atoms with Crippen LogP contribution in [0.4, 0.5) is 4.39 Å². The van der Waals surface area contributed by atoms with Crippen molar-refractivity contribution in [2.24, 2.45) is 5.92 Å². The summed E-state index contributed by atoms with van der Waals surface area (Å²) in [5.41, 5.74) is 0.874. The molecule has 2 atom stereocenters. The van der Waals surface area contributed by atoms with Gasteiger partial charge in [-0.1, -0.05) is 17.3 Å². The Morgan fingerprint density at radius 2 is 2.40 bits per heavy atom. The maximum atomic E-state index is 13.1. The van der Waals surface area contributed by atoms with Crippen LogP contribution in [0.1, 0.15) is 29.6 Å². The standard InChI is InChI=1S/C14H14FN3O2/c1-8-17-13(20-18-8)7-16-14(19)12-6-11(12)9-3-2-4-10(15)5-9/h2-5,11-12H,6-7H2,1H3,(H,16,19). The Morgan fingerprint density at radius 3 is 3.10 bits per heavy atom. The number of nitrogens with zero attached hydrogens (tertiary/aromatic N) is 2. The monoisotopic (exact) mass is 275 g/mol. The summed E-state index contributed by atoms with van der Waals surface area (Å²) in [6.45, 7) is 1.95. The van der Waals surface area contributed by atoms with Gasteiger partial charge in [0, 0.05) is 5.92 Å². The first-order valence-corrected chi connectivity index (χ1v) is 6.46. The molecule has 5 nitrogen and oxygen atoms in total. The van der Waals surface area contributed by atoms with Crippen molar-refractivity contribution in [2.45, 2.75) is 25.8 Å². The minimum absolute atomic E-state index is 0.0601. The van der Waals surface area contributed by atoms with Gasteiger partial charge in [0.25, 0.3) is 0 Å². The zero-order valence-electron chi connectivity index (χ0n) is 11.0. The van der Waals surface area contributed by atoms with Gasteiger partial charge in [-0.15, -0.1) is 0 Å². The third-order valence-electron chi connectivity index (χ3n) is 3.39. The molecule has 1 aromatic carbocycles. The van der Waals surface area contributed by atoms with E-state index < -0.39 is 0 Å². The molecular weight excluding hydrogens is 261 g/mol. The average Bonchev–Trinajstić information content (AvgIpc) is 3.13. The Balaban J connectivity index is 1.55. The van der Waals surface area contributed by atoms with Crippen molar-refractivity contribution in [2.75, 3.05) is 0 Å². The van der Waals surface area contributed by atoms with Crippen molar-refractivity contribution >= 4 is 5.91 Å². The molecule has 0 aliphatic heterocycles. The molecule has 1 N–H and O–H groups in total. The maximum absolute atomic E-state index is 13.1. The lowest BCUT2D eigenvalue weighted by Gasteiger charge is -2.02. The van der Waals surface area contributed by atoms with Crippen LogP contribution < -0.4 is 5.32 Å². The van der Waals surface area contributed by atoms with Gasteiger partial charge in [0.15, 0.2) is 5.82 Å². The average molecular weight is 275 g/mol. The minimum atomic E-state index is -0.269. The molecule has 3 rings (SSSR count). The molecule has 0 bridgehead atoms. The van der Waals surface area contributed by atoms with Gasteiger partial charge in [-0.2, -0.15) is 4.98 Å². The summed E-state index contributed by atoms with van der Waals surface area (Å²) in [6, 6.07) is 6.40. The SMILES string of the molecule is Cc1noc(CNC(=O)C2CC2c2cccc(F)c2)n1. The number of halogens is 1. The van der Waals surface area contributed by atoms with Crippen LogP contribution in [-0.4, -0.2) is 16.0 Å². The quantitative estimate of drug-likeness (QED) is 0.925. The van der Waals surface area contributed by atoms with E-state index in [0.717, 1.165) is 12.0 Å². The molecule has 1 fully saturated rings. The Hall–Kier alpha value is -2.24. The van der Waals surface area contributed by atoms with Crippen LogP contribution in [-0.2, 0) is 11.3 Å². The lowest BCUT2D eigenvalue weighted by atomic mass is 10.1. The minimum Gasteiger partial charge on any atom is -0.347 e. The Bertz CT molecular complexity index is 641. The van der Waals surface area contributed by atoms with Crippen molar-refractivity contribution in [3.05, 3.63) is 47.4 Å². The molecular formula is C14H14FN3O2. The van der Waals surface area contributed by atoms with Crippen LogP contribution in [0.3, 0.4) is 0 Å². The van der Waals surface area contributed by atoms with Gasteiger partial charge in [0.2, 0.25) is 11.8 Å². The van der Waals surface area contributed by atoms with E-state index in [-0.39, 0.29) is 30.1 Å². The van der Waals surface area contributed by atoms with E-state index in [1.165, 1.54) is 12.1 Å². The zero-order valence-corrected chi connectivity index (χ0v) is 11.0. The first-order valence-electron chi connectivity index (χ1n) is 6.46. The van der Waals surface area contributed by atoms with Crippen LogP contribution >= 0.6 is 0 Å². The van der Waals surface area contributed by atoms with Crippen LogP contribution in [0, 0.1) is 18.7 Å². The van der Waals surface area contributed by atoms with Crippen molar-refractivity contribution in [1.29, 1.82) is 0 Å². The van der Waals surface area contributed by atoms with E-state index >= 15 is 0 Å². The molecule has 6 heteroatoms. The molecule has 2 aromatic rings. The van der Waals surface area contributed by atoms with Crippen molar-refractivity contribution in [3.8, 4) is 0 Å². The fraction of sp³-hybridized carbons (Fsp3) is 0.357. The summed E-state index contributed by atoms with van der Waals surface area (Å²) < 4.78 is 18.0. The van der Waals surface area contributed by atoms with E-state index in [1.54, 1.807) is 13.0 Å². The number of aromatic nitrogens is 2. The van der Waals surface area contributed by atoms with Crippen LogP contribution in [0.5, 0.6) is 0 Å². The van der Waals surface area contributed by atoms with Gasteiger partial charge < -0.3 is 9.84 Å². The maximum Gasteiger partial charge on any atom is 0.246 e. The van der Waals surface area contributed by atoms with Gasteiger partial charge in [0.05, 0.1) is 6.54 Å². The van der Waals surface area contributed by atoms with Crippen LogP contribution in [0.2, 0.25) is 0 Å². The van der Waals surface area contributed by atoms with E-state index in [4.69, 9.17) is 4.52 Å². The van der Waals surface area contributed by atoms with Crippen molar-refractivity contribution in [1.82, 2.24) is 15.5 Å². The summed E-state index contributed by atoms with van der Waals surface area (Å²) in [5, 5.41) is 6.41. The van der Waals surface area contributed by atoms with Gasteiger partial charge in [0.1, 0.15) is 5.82 Å². The highest BCUT2D eigenvalue weighted by Crippen LogP contribution is 2.47. The molecule has 0 saturated heterocycles. The molecule has 0 radical (unpaired) electrons. The number of nitrogens with one attached hydrogen (secondary N) is 1. The molecule has 0 spiro atoms. The number of aryl methyl sites for hydroxylation is 1. The Kier molecular flexibility index (Phi) is 3.22. The van der Waals surface area contributed by atoms with E-state index in [1.807, 2.05) is 6.07 Å². The Labute approximate surface area is 115 Å². The van der Waals surface area contributed by atoms with Gasteiger partial charge in [-0.25, -0.2) is 4.39 Å². The number of rotatable bonds is 4. The molecule has 1 amide bonds. The molecule has 1 aliphatic carbocycles. The fourth-order valence-corrected chi connectivity index (χ4v) is 2.30. The van der Waals surface area contributed by atoms with Crippen molar-refractivity contribution < 1.29 is 13.7 Å². The van der Waals surface area contributed by atoms with E-state index in [2.05, 4.69) is 15.5 Å². The normalized spacial score (nSPS) is 20.7. The summed E-state index contributed by atoms with van der Waals surface area (Å²) in [4.78, 5) is 16.0. The zero-order chi connectivity index (χ0) is 14.1. The molecule has 1 aromatic heterocycles. The first-order chi connectivity index (χ1) is 9.63. The molecule has 2 unspecified atom stereocenters. The van der Waals surface area contributed by atoms with Gasteiger partial charge in [-0.05, 0) is 37.0 Å². The number of hydrogen-bond donors (Lipinski definition) is 1. The highest BCUT2D eigenvalue weighted by Gasteiger charge is 2.43. The number of amides is 1. The summed E-state index contributed by atoms with van der Waals surface area (Å²) in [6.07, 6.45) is 0.748.